The highest BCUT2D eigenvalue weighted by atomic mass is 32.2. The van der Waals surface area contributed by atoms with Crippen molar-refractivity contribution >= 4 is 17.7 Å². The van der Waals surface area contributed by atoms with E-state index in [0.29, 0.717) is 11.2 Å². The number of carbonyl (C=O) groups is 1. The van der Waals surface area contributed by atoms with Crippen molar-refractivity contribution < 1.29 is 4.79 Å². The first-order valence-electron chi connectivity index (χ1n) is 6.85. The lowest BCUT2D eigenvalue weighted by Gasteiger charge is -2.27. The van der Waals surface area contributed by atoms with Gasteiger partial charge in [0.1, 0.15) is 0 Å². The normalized spacial score (nSPS) is 41.2. The summed E-state index contributed by atoms with van der Waals surface area (Å²) in [6, 6.07) is 0.0823. The summed E-state index contributed by atoms with van der Waals surface area (Å²) in [5, 5.41) is 3.91. The average molecular weight is 254 g/mol. The third-order valence-corrected chi connectivity index (χ3v) is 5.85. The zero-order chi connectivity index (χ0) is 11.8. The van der Waals surface area contributed by atoms with E-state index in [1.54, 1.807) is 0 Å². The van der Waals surface area contributed by atoms with Crippen LogP contribution >= 0.6 is 11.8 Å². The Bertz CT molecular complexity index is 304. The van der Waals surface area contributed by atoms with E-state index < -0.39 is 0 Å². The quantitative estimate of drug-likeness (QED) is 0.825. The number of fused-ring (bicyclic) bond motifs is 1. The third kappa shape index (κ3) is 2.48. The molecule has 3 rings (SSSR count). The van der Waals surface area contributed by atoms with E-state index in [2.05, 4.69) is 22.0 Å². The second kappa shape index (κ2) is 4.81. The van der Waals surface area contributed by atoms with E-state index in [9.17, 15) is 4.79 Å². The molecule has 0 radical (unpaired) electrons. The van der Waals surface area contributed by atoms with E-state index in [1.165, 1.54) is 25.0 Å². The second-order valence-corrected chi connectivity index (χ2v) is 7.12. The Kier molecular flexibility index (Phi) is 3.35. The average Bonchev–Trinajstić information content (AvgIpc) is 2.86. The highest BCUT2D eigenvalue weighted by Crippen LogP contribution is 2.45. The number of nitrogens with one attached hydrogen (secondary N) is 1. The molecular formula is C13H22N2OS. The Morgan fingerprint density at radius 1 is 1.41 bits per heavy atom. The monoisotopic (exact) mass is 254 g/mol. The van der Waals surface area contributed by atoms with Crippen LogP contribution < -0.4 is 5.32 Å². The highest BCUT2D eigenvalue weighted by Gasteiger charge is 2.45. The Morgan fingerprint density at radius 3 is 3.00 bits per heavy atom. The largest absolute Gasteiger partial charge is 0.340 e. The lowest BCUT2D eigenvalue weighted by molar-refractivity contribution is -0.133. The highest BCUT2D eigenvalue weighted by molar-refractivity contribution is 8.00. The van der Waals surface area contributed by atoms with Gasteiger partial charge in [-0.15, -0.1) is 0 Å². The molecule has 4 unspecified atom stereocenters. The second-order valence-electron chi connectivity index (χ2n) is 5.71. The van der Waals surface area contributed by atoms with Crippen molar-refractivity contribution in [1.29, 1.82) is 0 Å². The van der Waals surface area contributed by atoms with Crippen LogP contribution in [0.25, 0.3) is 0 Å². The lowest BCUT2D eigenvalue weighted by atomic mass is 10.1. The summed E-state index contributed by atoms with van der Waals surface area (Å²) in [4.78, 5) is 14.5. The van der Waals surface area contributed by atoms with Crippen LogP contribution in [0.1, 0.15) is 25.7 Å². The number of amides is 1. The maximum atomic E-state index is 12.4. The van der Waals surface area contributed by atoms with Crippen LogP contribution in [0, 0.1) is 11.8 Å². The molecule has 0 aromatic rings. The molecule has 4 heteroatoms. The Hall–Kier alpha value is -0.220. The maximum absolute atomic E-state index is 12.4. The van der Waals surface area contributed by atoms with E-state index in [1.807, 2.05) is 7.05 Å². The van der Waals surface area contributed by atoms with Gasteiger partial charge in [-0.05, 0) is 50.3 Å². The summed E-state index contributed by atoms with van der Waals surface area (Å²) < 4.78 is 0. The standard InChI is InChI=1S/C13H22N2OS/c1-14-12-6-9-5-10(9)7-15(13(12)16)8-11-3-2-4-17-11/h9-12,14H,2-8H2,1H3. The molecule has 3 fully saturated rings. The fraction of sp³-hybridized carbons (Fsp3) is 0.923. The molecule has 1 amide bonds. The first-order valence-corrected chi connectivity index (χ1v) is 7.90. The van der Waals surface area contributed by atoms with Crippen molar-refractivity contribution in [2.45, 2.75) is 37.0 Å². The van der Waals surface area contributed by atoms with Gasteiger partial charge in [0.05, 0.1) is 6.04 Å². The first-order chi connectivity index (χ1) is 8.28. The molecule has 1 aliphatic carbocycles. The van der Waals surface area contributed by atoms with Crippen LogP contribution in [0.5, 0.6) is 0 Å². The number of likely N-dealkylation sites (tertiary alicyclic amines) is 1. The number of rotatable bonds is 3. The van der Waals surface area contributed by atoms with Crippen molar-refractivity contribution in [3.63, 3.8) is 0 Å². The van der Waals surface area contributed by atoms with Gasteiger partial charge in [0.15, 0.2) is 0 Å². The SMILES string of the molecule is CNC1CC2CC2CN(CC2CCCS2)C1=O. The number of hydrogen-bond donors (Lipinski definition) is 1. The predicted molar refractivity (Wildman–Crippen MR) is 71.1 cm³/mol. The zero-order valence-electron chi connectivity index (χ0n) is 10.5. The van der Waals surface area contributed by atoms with E-state index in [4.69, 9.17) is 0 Å². The number of likely N-dealkylation sites (N-methyl/N-ethyl adjacent to an activating group) is 1. The lowest BCUT2D eigenvalue weighted by Crippen LogP contribution is -2.46. The fourth-order valence-corrected chi connectivity index (χ4v) is 4.54. The molecule has 0 bridgehead atoms. The summed E-state index contributed by atoms with van der Waals surface area (Å²) in [5.41, 5.74) is 0. The molecule has 2 saturated heterocycles. The van der Waals surface area contributed by atoms with Crippen molar-refractivity contribution in [1.82, 2.24) is 10.2 Å². The van der Waals surface area contributed by atoms with Crippen molar-refractivity contribution in [2.75, 3.05) is 25.9 Å². The van der Waals surface area contributed by atoms with Gasteiger partial charge < -0.3 is 10.2 Å². The van der Waals surface area contributed by atoms with Gasteiger partial charge in [0.25, 0.3) is 0 Å². The molecule has 2 aliphatic heterocycles. The molecule has 2 heterocycles. The van der Waals surface area contributed by atoms with E-state index in [-0.39, 0.29) is 6.04 Å². The Balaban J connectivity index is 1.65. The van der Waals surface area contributed by atoms with Gasteiger partial charge in [-0.3, -0.25) is 4.79 Å². The number of nitrogens with zero attached hydrogens (tertiary/aromatic N) is 1. The summed E-state index contributed by atoms with van der Waals surface area (Å²) >= 11 is 2.05. The van der Waals surface area contributed by atoms with Crippen LogP contribution in [0.4, 0.5) is 0 Å². The molecule has 3 aliphatic rings. The van der Waals surface area contributed by atoms with Crippen molar-refractivity contribution in [3.8, 4) is 0 Å². The third-order valence-electron chi connectivity index (χ3n) is 4.47. The van der Waals surface area contributed by atoms with E-state index >= 15 is 0 Å². The number of carbonyl (C=O) groups excluding carboxylic acids is 1. The van der Waals surface area contributed by atoms with Gasteiger partial charge in [-0.2, -0.15) is 11.8 Å². The molecule has 0 aromatic heterocycles. The Labute approximate surface area is 108 Å². The summed E-state index contributed by atoms with van der Waals surface area (Å²) in [6.07, 6.45) is 5.04. The first kappa shape index (κ1) is 11.8. The van der Waals surface area contributed by atoms with Gasteiger partial charge in [-0.25, -0.2) is 0 Å². The van der Waals surface area contributed by atoms with E-state index in [0.717, 1.165) is 31.3 Å². The van der Waals surface area contributed by atoms with Gasteiger partial charge in [0.2, 0.25) is 5.91 Å². The molecule has 1 saturated carbocycles. The summed E-state index contributed by atoms with van der Waals surface area (Å²) in [6.45, 7) is 2.02. The summed E-state index contributed by atoms with van der Waals surface area (Å²) in [7, 11) is 1.92. The minimum atomic E-state index is 0.0823. The van der Waals surface area contributed by atoms with Crippen molar-refractivity contribution in [2.24, 2.45) is 11.8 Å². The van der Waals surface area contributed by atoms with Gasteiger partial charge in [-0.1, -0.05) is 0 Å². The molecule has 96 valence electrons. The van der Waals surface area contributed by atoms with Crippen LogP contribution in [-0.2, 0) is 4.79 Å². The van der Waals surface area contributed by atoms with Crippen LogP contribution in [0.2, 0.25) is 0 Å². The summed E-state index contributed by atoms with van der Waals surface area (Å²) in [5.74, 6) is 3.27. The molecule has 3 nitrogen and oxygen atoms in total. The number of hydrogen-bond acceptors (Lipinski definition) is 3. The number of thioether (sulfide) groups is 1. The molecule has 4 atom stereocenters. The molecule has 1 N–H and O–H groups in total. The minimum absolute atomic E-state index is 0.0823. The molecule has 17 heavy (non-hydrogen) atoms. The van der Waals surface area contributed by atoms with Gasteiger partial charge >= 0.3 is 0 Å². The Morgan fingerprint density at radius 2 is 2.29 bits per heavy atom. The maximum Gasteiger partial charge on any atom is 0.239 e. The molecular weight excluding hydrogens is 232 g/mol. The van der Waals surface area contributed by atoms with Gasteiger partial charge in [0, 0.05) is 18.3 Å². The predicted octanol–water partition coefficient (Wildman–Crippen LogP) is 1.34. The molecule has 0 spiro atoms. The van der Waals surface area contributed by atoms with Crippen molar-refractivity contribution in [3.05, 3.63) is 0 Å². The van der Waals surface area contributed by atoms with Crippen LogP contribution in [0.15, 0.2) is 0 Å². The smallest absolute Gasteiger partial charge is 0.239 e. The molecule has 0 aromatic carbocycles. The topological polar surface area (TPSA) is 32.3 Å². The van der Waals surface area contributed by atoms with Crippen LogP contribution in [-0.4, -0.2) is 48.0 Å². The fourth-order valence-electron chi connectivity index (χ4n) is 3.26. The zero-order valence-corrected chi connectivity index (χ0v) is 11.3. The van der Waals surface area contributed by atoms with Crippen LogP contribution in [0.3, 0.4) is 0 Å². The minimum Gasteiger partial charge on any atom is -0.340 e.